The minimum Gasteiger partial charge on any atom is -0.491 e. The van der Waals surface area contributed by atoms with Gasteiger partial charge in [-0.3, -0.25) is 9.78 Å². The van der Waals surface area contributed by atoms with Crippen molar-refractivity contribution in [3.63, 3.8) is 0 Å². The topological polar surface area (TPSA) is 77.2 Å². The van der Waals surface area contributed by atoms with Crippen molar-refractivity contribution < 1.29 is 9.53 Å². The van der Waals surface area contributed by atoms with Crippen molar-refractivity contribution in [3.05, 3.63) is 36.5 Å². The molecule has 1 heterocycles. The number of nitrogens with two attached hydrogens (primary N) is 1. The second-order valence-corrected chi connectivity index (χ2v) is 4.61. The number of carbonyl (C=O) groups is 1. The lowest BCUT2D eigenvalue weighted by Gasteiger charge is -2.10. The number of amides is 1. The Morgan fingerprint density at radius 1 is 1.40 bits per heavy atom. The minimum atomic E-state index is -0.474. The van der Waals surface area contributed by atoms with E-state index in [1.165, 1.54) is 0 Å². The van der Waals surface area contributed by atoms with Crippen LogP contribution >= 0.6 is 0 Å². The second kappa shape index (κ2) is 6.86. The van der Waals surface area contributed by atoms with Crippen molar-refractivity contribution >= 4 is 16.8 Å². The summed E-state index contributed by atoms with van der Waals surface area (Å²) >= 11 is 0. The molecule has 1 atom stereocenters. The van der Waals surface area contributed by atoms with Crippen LogP contribution in [0.5, 0.6) is 5.75 Å². The Morgan fingerprint density at radius 2 is 2.20 bits per heavy atom. The summed E-state index contributed by atoms with van der Waals surface area (Å²) in [5.41, 5.74) is 6.31. The monoisotopic (exact) mass is 273 g/mol. The maximum absolute atomic E-state index is 11.3. The molecule has 0 spiro atoms. The lowest BCUT2D eigenvalue weighted by atomic mass is 10.2. The van der Waals surface area contributed by atoms with Crippen molar-refractivity contribution in [1.82, 2.24) is 10.3 Å². The minimum absolute atomic E-state index is 0.142. The van der Waals surface area contributed by atoms with E-state index in [9.17, 15) is 4.79 Å². The molecule has 0 saturated carbocycles. The first-order valence-corrected chi connectivity index (χ1v) is 6.68. The van der Waals surface area contributed by atoms with Crippen LogP contribution in [0.25, 0.3) is 10.9 Å². The molecule has 1 unspecified atom stereocenters. The van der Waals surface area contributed by atoms with Gasteiger partial charge < -0.3 is 15.8 Å². The maximum atomic E-state index is 11.3. The standard InChI is InChI=1S/C15H19N3O2/c1-11(16)15(19)18-9-4-10-20-13-7-2-5-12-6-3-8-17-14(12)13/h2-3,5-8,11H,4,9-10,16H2,1H3,(H,18,19). The summed E-state index contributed by atoms with van der Waals surface area (Å²) in [6.07, 6.45) is 2.47. The molecule has 5 nitrogen and oxygen atoms in total. The lowest BCUT2D eigenvalue weighted by molar-refractivity contribution is -0.121. The highest BCUT2D eigenvalue weighted by atomic mass is 16.5. The van der Waals surface area contributed by atoms with Crippen LogP contribution < -0.4 is 15.8 Å². The Hall–Kier alpha value is -2.14. The first kappa shape index (κ1) is 14.3. The summed E-state index contributed by atoms with van der Waals surface area (Å²) < 4.78 is 5.72. The normalized spacial score (nSPS) is 12.1. The first-order valence-electron chi connectivity index (χ1n) is 6.68. The highest BCUT2D eigenvalue weighted by molar-refractivity contribution is 5.84. The summed E-state index contributed by atoms with van der Waals surface area (Å²) in [6.45, 7) is 2.74. The highest BCUT2D eigenvalue weighted by Crippen LogP contribution is 2.22. The van der Waals surface area contributed by atoms with Gasteiger partial charge in [-0.1, -0.05) is 18.2 Å². The van der Waals surface area contributed by atoms with Crippen molar-refractivity contribution in [2.24, 2.45) is 5.73 Å². The van der Waals surface area contributed by atoms with Gasteiger partial charge in [0.2, 0.25) is 5.91 Å². The SMILES string of the molecule is CC(N)C(=O)NCCCOc1cccc2cccnc12. The fourth-order valence-corrected chi connectivity index (χ4v) is 1.82. The molecule has 1 aromatic carbocycles. The fourth-order valence-electron chi connectivity index (χ4n) is 1.82. The zero-order valence-corrected chi connectivity index (χ0v) is 11.5. The summed E-state index contributed by atoms with van der Waals surface area (Å²) in [4.78, 5) is 15.6. The number of nitrogens with zero attached hydrogens (tertiary/aromatic N) is 1. The van der Waals surface area contributed by atoms with Gasteiger partial charge in [0.25, 0.3) is 0 Å². The predicted octanol–water partition coefficient (Wildman–Crippen LogP) is 1.47. The number of hydrogen-bond donors (Lipinski definition) is 2. The van der Waals surface area contributed by atoms with E-state index in [2.05, 4.69) is 10.3 Å². The van der Waals surface area contributed by atoms with E-state index in [0.717, 1.165) is 23.1 Å². The number of para-hydroxylation sites is 1. The number of carbonyl (C=O) groups excluding carboxylic acids is 1. The molecule has 1 amide bonds. The number of aromatic nitrogens is 1. The molecular weight excluding hydrogens is 254 g/mol. The number of hydrogen-bond acceptors (Lipinski definition) is 4. The van der Waals surface area contributed by atoms with E-state index in [1.807, 2.05) is 30.3 Å². The van der Waals surface area contributed by atoms with Gasteiger partial charge in [0.1, 0.15) is 11.3 Å². The fraction of sp³-hybridized carbons (Fsp3) is 0.333. The van der Waals surface area contributed by atoms with Crippen molar-refractivity contribution in [1.29, 1.82) is 0 Å². The lowest BCUT2D eigenvalue weighted by Crippen LogP contribution is -2.38. The molecule has 0 fully saturated rings. The number of pyridine rings is 1. The highest BCUT2D eigenvalue weighted by Gasteiger charge is 2.06. The second-order valence-electron chi connectivity index (χ2n) is 4.61. The van der Waals surface area contributed by atoms with Gasteiger partial charge in [0.05, 0.1) is 12.6 Å². The van der Waals surface area contributed by atoms with Gasteiger partial charge in [-0.2, -0.15) is 0 Å². The van der Waals surface area contributed by atoms with Crippen LogP contribution in [-0.2, 0) is 4.79 Å². The van der Waals surface area contributed by atoms with Gasteiger partial charge >= 0.3 is 0 Å². The number of nitrogens with one attached hydrogen (secondary N) is 1. The van der Waals surface area contributed by atoms with Crippen LogP contribution in [0, 0.1) is 0 Å². The Morgan fingerprint density at radius 3 is 3.00 bits per heavy atom. The van der Waals surface area contributed by atoms with Gasteiger partial charge in [0, 0.05) is 18.1 Å². The average molecular weight is 273 g/mol. The predicted molar refractivity (Wildman–Crippen MR) is 78.5 cm³/mol. The molecule has 0 aliphatic carbocycles. The van der Waals surface area contributed by atoms with Crippen molar-refractivity contribution in [3.8, 4) is 5.75 Å². The zero-order valence-electron chi connectivity index (χ0n) is 11.5. The molecule has 0 saturated heterocycles. The van der Waals surface area contributed by atoms with E-state index >= 15 is 0 Å². The third kappa shape index (κ3) is 3.68. The Bertz CT molecular complexity index is 579. The molecule has 2 rings (SSSR count). The number of rotatable bonds is 6. The molecule has 0 aliphatic rings. The van der Waals surface area contributed by atoms with Crippen molar-refractivity contribution in [2.45, 2.75) is 19.4 Å². The Labute approximate surface area is 118 Å². The van der Waals surface area contributed by atoms with E-state index in [4.69, 9.17) is 10.5 Å². The number of fused-ring (bicyclic) bond motifs is 1. The van der Waals surface area contributed by atoms with E-state index < -0.39 is 6.04 Å². The third-order valence-electron chi connectivity index (χ3n) is 2.89. The van der Waals surface area contributed by atoms with Gasteiger partial charge in [0.15, 0.2) is 0 Å². The van der Waals surface area contributed by atoms with Gasteiger partial charge in [-0.25, -0.2) is 0 Å². The zero-order chi connectivity index (χ0) is 14.4. The molecule has 0 aliphatic heterocycles. The van der Waals surface area contributed by atoms with Crippen LogP contribution in [0.2, 0.25) is 0 Å². The Balaban J connectivity index is 1.83. The summed E-state index contributed by atoms with van der Waals surface area (Å²) in [5.74, 6) is 0.624. The summed E-state index contributed by atoms with van der Waals surface area (Å²) in [7, 11) is 0. The van der Waals surface area contributed by atoms with Gasteiger partial charge in [-0.05, 0) is 25.5 Å². The molecule has 3 N–H and O–H groups in total. The van der Waals surface area contributed by atoms with Crippen LogP contribution in [0.15, 0.2) is 36.5 Å². The van der Waals surface area contributed by atoms with Crippen LogP contribution in [0.3, 0.4) is 0 Å². The van der Waals surface area contributed by atoms with E-state index in [1.54, 1.807) is 13.1 Å². The molecule has 20 heavy (non-hydrogen) atoms. The van der Waals surface area contributed by atoms with Crippen LogP contribution in [0.1, 0.15) is 13.3 Å². The molecular formula is C15H19N3O2. The van der Waals surface area contributed by atoms with Crippen LogP contribution in [0.4, 0.5) is 0 Å². The first-order chi connectivity index (χ1) is 9.68. The number of ether oxygens (including phenoxy) is 1. The maximum Gasteiger partial charge on any atom is 0.236 e. The molecule has 106 valence electrons. The summed E-state index contributed by atoms with van der Waals surface area (Å²) in [5, 5.41) is 3.80. The molecule has 2 aromatic rings. The average Bonchev–Trinajstić information content (AvgIpc) is 2.46. The van der Waals surface area contributed by atoms with Crippen molar-refractivity contribution in [2.75, 3.05) is 13.2 Å². The van der Waals surface area contributed by atoms with E-state index in [0.29, 0.717) is 13.2 Å². The van der Waals surface area contributed by atoms with Gasteiger partial charge in [-0.15, -0.1) is 0 Å². The third-order valence-corrected chi connectivity index (χ3v) is 2.89. The van der Waals surface area contributed by atoms with E-state index in [-0.39, 0.29) is 5.91 Å². The molecule has 1 aromatic heterocycles. The summed E-state index contributed by atoms with van der Waals surface area (Å²) in [6, 6.07) is 9.26. The molecule has 0 bridgehead atoms. The quantitative estimate of drug-likeness (QED) is 0.781. The smallest absolute Gasteiger partial charge is 0.236 e. The largest absolute Gasteiger partial charge is 0.491 e. The number of benzene rings is 1. The molecule has 5 heteroatoms. The molecule has 0 radical (unpaired) electrons. The Kier molecular flexibility index (Phi) is 4.90. The van der Waals surface area contributed by atoms with Crippen LogP contribution in [-0.4, -0.2) is 30.1 Å².